The summed E-state index contributed by atoms with van der Waals surface area (Å²) in [5.74, 6) is -1.02. The third-order valence-electron chi connectivity index (χ3n) is 4.02. The van der Waals surface area contributed by atoms with E-state index in [1.165, 1.54) is 48.5 Å². The van der Waals surface area contributed by atoms with Gasteiger partial charge in [0.15, 0.2) is 11.9 Å². The van der Waals surface area contributed by atoms with Gasteiger partial charge in [-0.1, -0.05) is 0 Å². The first kappa shape index (κ1) is 19.2. The molecule has 0 bridgehead atoms. The molecule has 0 aromatic heterocycles. The highest BCUT2D eigenvalue weighted by Gasteiger charge is 2.16. The van der Waals surface area contributed by atoms with E-state index in [0.29, 0.717) is 22.6 Å². The molecule has 28 heavy (non-hydrogen) atoms. The molecular weight excluding hydrogens is 364 g/mol. The lowest BCUT2D eigenvalue weighted by Crippen LogP contribution is -2.30. The molecule has 6 heteroatoms. The summed E-state index contributed by atoms with van der Waals surface area (Å²) in [4.78, 5) is 24.5. The molecule has 3 aromatic rings. The molecule has 0 aliphatic carbocycles. The van der Waals surface area contributed by atoms with Crippen molar-refractivity contribution < 1.29 is 23.1 Å². The summed E-state index contributed by atoms with van der Waals surface area (Å²) >= 11 is 0. The summed E-state index contributed by atoms with van der Waals surface area (Å²) in [6, 6.07) is 17.0. The molecule has 142 valence electrons. The van der Waals surface area contributed by atoms with Crippen LogP contribution in [0.2, 0.25) is 0 Å². The molecule has 0 saturated carbocycles. The molecule has 0 unspecified atom stereocenters. The van der Waals surface area contributed by atoms with Gasteiger partial charge in [0.2, 0.25) is 0 Å². The van der Waals surface area contributed by atoms with Crippen molar-refractivity contribution in [3.8, 4) is 5.75 Å². The van der Waals surface area contributed by atoms with Gasteiger partial charge in [0.25, 0.3) is 5.91 Å². The van der Waals surface area contributed by atoms with Crippen LogP contribution in [0.25, 0.3) is 0 Å². The quantitative estimate of drug-likeness (QED) is 0.635. The van der Waals surface area contributed by atoms with Crippen molar-refractivity contribution in [3.63, 3.8) is 0 Å². The van der Waals surface area contributed by atoms with Gasteiger partial charge in [0.1, 0.15) is 17.4 Å². The zero-order valence-electron chi connectivity index (χ0n) is 15.0. The van der Waals surface area contributed by atoms with E-state index in [9.17, 15) is 18.4 Å². The Labute approximate surface area is 160 Å². The van der Waals surface area contributed by atoms with E-state index in [4.69, 9.17) is 4.74 Å². The van der Waals surface area contributed by atoms with Crippen LogP contribution in [0.4, 0.5) is 14.5 Å². The van der Waals surface area contributed by atoms with Crippen LogP contribution in [0.3, 0.4) is 0 Å². The molecule has 0 fully saturated rings. The fourth-order valence-corrected chi connectivity index (χ4v) is 2.49. The van der Waals surface area contributed by atoms with Gasteiger partial charge in [-0.15, -0.1) is 0 Å². The van der Waals surface area contributed by atoms with Crippen LogP contribution in [-0.4, -0.2) is 17.8 Å². The molecule has 0 heterocycles. The van der Waals surface area contributed by atoms with Gasteiger partial charge in [0, 0.05) is 16.8 Å². The maximum absolute atomic E-state index is 13.0. The molecule has 1 N–H and O–H groups in total. The minimum absolute atomic E-state index is 0.242. The van der Waals surface area contributed by atoms with Gasteiger partial charge < -0.3 is 10.1 Å². The standard InChI is InChI=1S/C22H17F2NO3/c1-14(22(27)25-19-10-8-18(24)9-11-19)28-20-12-4-16(5-13-20)21(26)15-2-6-17(23)7-3-15/h2-14H,1H3,(H,25,27)/t14-/m1/s1. The predicted octanol–water partition coefficient (Wildman–Crippen LogP) is 4.60. The number of rotatable bonds is 6. The van der Waals surface area contributed by atoms with Crippen LogP contribution in [0.1, 0.15) is 22.8 Å². The van der Waals surface area contributed by atoms with E-state index < -0.39 is 23.6 Å². The second kappa shape index (κ2) is 8.43. The zero-order chi connectivity index (χ0) is 20.1. The first-order chi connectivity index (χ1) is 13.4. The van der Waals surface area contributed by atoms with Crippen molar-refractivity contribution in [2.24, 2.45) is 0 Å². The first-order valence-electron chi connectivity index (χ1n) is 8.56. The highest BCUT2D eigenvalue weighted by atomic mass is 19.1. The molecule has 3 aromatic carbocycles. The van der Waals surface area contributed by atoms with Crippen LogP contribution in [0.15, 0.2) is 72.8 Å². The highest BCUT2D eigenvalue weighted by molar-refractivity contribution is 6.09. The minimum atomic E-state index is -0.802. The number of benzene rings is 3. The third kappa shape index (κ3) is 4.79. The minimum Gasteiger partial charge on any atom is -0.481 e. The molecule has 0 saturated heterocycles. The van der Waals surface area contributed by atoms with Crippen molar-refractivity contribution in [1.29, 1.82) is 0 Å². The molecular formula is C22H17F2NO3. The summed E-state index contributed by atoms with van der Waals surface area (Å²) in [5, 5.41) is 2.63. The monoisotopic (exact) mass is 381 g/mol. The molecule has 1 amide bonds. The van der Waals surface area contributed by atoms with E-state index >= 15 is 0 Å². The number of carbonyl (C=O) groups is 2. The van der Waals surface area contributed by atoms with E-state index in [1.54, 1.807) is 31.2 Å². The SMILES string of the molecule is C[C@@H](Oc1ccc(C(=O)c2ccc(F)cc2)cc1)C(=O)Nc1ccc(F)cc1. The topological polar surface area (TPSA) is 55.4 Å². The number of carbonyl (C=O) groups excluding carboxylic acids is 2. The Bertz CT molecular complexity index is 968. The summed E-state index contributed by atoms with van der Waals surface area (Å²) in [5.41, 5.74) is 1.26. The predicted molar refractivity (Wildman–Crippen MR) is 101 cm³/mol. The van der Waals surface area contributed by atoms with Crippen LogP contribution >= 0.6 is 0 Å². The largest absolute Gasteiger partial charge is 0.481 e. The second-order valence-electron chi connectivity index (χ2n) is 6.12. The number of hydrogen-bond donors (Lipinski definition) is 1. The lowest BCUT2D eigenvalue weighted by Gasteiger charge is -2.15. The van der Waals surface area contributed by atoms with Crippen molar-refractivity contribution in [3.05, 3.63) is 95.6 Å². The van der Waals surface area contributed by atoms with Gasteiger partial charge in [-0.3, -0.25) is 9.59 Å². The third-order valence-corrected chi connectivity index (χ3v) is 4.02. The zero-order valence-corrected chi connectivity index (χ0v) is 15.0. The molecule has 3 rings (SSSR count). The number of nitrogens with one attached hydrogen (secondary N) is 1. The lowest BCUT2D eigenvalue weighted by molar-refractivity contribution is -0.122. The Morgan fingerprint density at radius 3 is 1.79 bits per heavy atom. The normalized spacial score (nSPS) is 11.5. The Hall–Kier alpha value is -3.54. The van der Waals surface area contributed by atoms with Crippen LogP contribution in [-0.2, 0) is 4.79 Å². The fourth-order valence-electron chi connectivity index (χ4n) is 2.49. The smallest absolute Gasteiger partial charge is 0.265 e. The summed E-state index contributed by atoms with van der Waals surface area (Å²) in [7, 11) is 0. The number of hydrogen-bond acceptors (Lipinski definition) is 3. The Morgan fingerprint density at radius 2 is 1.25 bits per heavy atom. The van der Waals surface area contributed by atoms with E-state index in [1.807, 2.05) is 0 Å². The summed E-state index contributed by atoms with van der Waals surface area (Å²) < 4.78 is 31.5. The number of anilines is 1. The molecule has 0 spiro atoms. The van der Waals surface area contributed by atoms with Gasteiger partial charge in [-0.2, -0.15) is 0 Å². The molecule has 1 atom stereocenters. The van der Waals surface area contributed by atoms with Gasteiger partial charge in [-0.05, 0) is 79.7 Å². The number of amides is 1. The maximum Gasteiger partial charge on any atom is 0.265 e. The second-order valence-corrected chi connectivity index (χ2v) is 6.12. The van der Waals surface area contributed by atoms with Crippen molar-refractivity contribution in [2.45, 2.75) is 13.0 Å². The van der Waals surface area contributed by atoms with Gasteiger partial charge in [0.05, 0.1) is 0 Å². The highest BCUT2D eigenvalue weighted by Crippen LogP contribution is 2.18. The number of ketones is 1. The average Bonchev–Trinajstić information content (AvgIpc) is 2.70. The lowest BCUT2D eigenvalue weighted by atomic mass is 10.0. The Balaban J connectivity index is 1.61. The van der Waals surface area contributed by atoms with Gasteiger partial charge >= 0.3 is 0 Å². The van der Waals surface area contributed by atoms with Crippen LogP contribution < -0.4 is 10.1 Å². The molecule has 0 aliphatic rings. The van der Waals surface area contributed by atoms with Crippen molar-refractivity contribution >= 4 is 17.4 Å². The van der Waals surface area contributed by atoms with E-state index in [2.05, 4.69) is 5.32 Å². The number of ether oxygens (including phenoxy) is 1. The summed E-state index contributed by atoms with van der Waals surface area (Å²) in [6.07, 6.45) is -0.802. The van der Waals surface area contributed by atoms with Crippen LogP contribution in [0, 0.1) is 11.6 Å². The Kier molecular flexibility index (Phi) is 5.79. The Morgan fingerprint density at radius 1 is 0.786 bits per heavy atom. The maximum atomic E-state index is 13.0. The first-order valence-corrected chi connectivity index (χ1v) is 8.56. The average molecular weight is 381 g/mol. The van der Waals surface area contributed by atoms with Gasteiger partial charge in [-0.25, -0.2) is 8.78 Å². The van der Waals surface area contributed by atoms with Crippen molar-refractivity contribution in [1.82, 2.24) is 0 Å². The molecule has 0 radical (unpaired) electrons. The molecule has 4 nitrogen and oxygen atoms in total. The molecule has 0 aliphatic heterocycles. The summed E-state index contributed by atoms with van der Waals surface area (Å²) in [6.45, 7) is 1.58. The van der Waals surface area contributed by atoms with E-state index in [-0.39, 0.29) is 5.78 Å². The van der Waals surface area contributed by atoms with Crippen molar-refractivity contribution in [2.75, 3.05) is 5.32 Å². The van der Waals surface area contributed by atoms with E-state index in [0.717, 1.165) is 0 Å². The fraction of sp³-hybridized carbons (Fsp3) is 0.0909. The van der Waals surface area contributed by atoms with Crippen LogP contribution in [0.5, 0.6) is 5.75 Å². The number of halogens is 2.